The van der Waals surface area contributed by atoms with Crippen LogP contribution in [0.1, 0.15) is 20.8 Å². The number of methoxy groups -OCH3 is 1. The molecule has 1 fully saturated rings. The van der Waals surface area contributed by atoms with E-state index in [0.717, 1.165) is 0 Å². The van der Waals surface area contributed by atoms with Crippen LogP contribution in [0.5, 0.6) is 0 Å². The van der Waals surface area contributed by atoms with Gasteiger partial charge in [0, 0.05) is 18.6 Å². The van der Waals surface area contributed by atoms with Gasteiger partial charge in [0.2, 0.25) is 0 Å². The lowest BCUT2D eigenvalue weighted by Crippen LogP contribution is -2.65. The zero-order valence-electron chi connectivity index (χ0n) is 7.22. The van der Waals surface area contributed by atoms with Gasteiger partial charge in [-0.25, -0.2) is 0 Å². The van der Waals surface area contributed by atoms with Crippen LogP contribution in [0.4, 0.5) is 0 Å². The van der Waals surface area contributed by atoms with Crippen molar-refractivity contribution in [2.75, 3.05) is 7.11 Å². The molecule has 0 radical (unpaired) electrons. The third-order valence-electron chi connectivity index (χ3n) is 2.89. The van der Waals surface area contributed by atoms with Crippen molar-refractivity contribution in [2.24, 2.45) is 17.1 Å². The van der Waals surface area contributed by atoms with E-state index in [9.17, 15) is 0 Å². The maximum absolute atomic E-state index is 5.89. The Bertz CT molecular complexity index is 133. The second kappa shape index (κ2) is 2.21. The largest absolute Gasteiger partial charge is 0.381 e. The van der Waals surface area contributed by atoms with Crippen molar-refractivity contribution in [2.45, 2.75) is 32.9 Å². The van der Waals surface area contributed by atoms with Gasteiger partial charge in [0.15, 0.2) is 0 Å². The molecule has 0 aromatic rings. The quantitative estimate of drug-likeness (QED) is 0.594. The molecule has 0 aliphatic heterocycles. The zero-order valence-corrected chi connectivity index (χ0v) is 7.22. The maximum atomic E-state index is 5.89. The molecule has 3 atom stereocenters. The highest BCUT2D eigenvalue weighted by atomic mass is 16.5. The Morgan fingerprint density at radius 2 is 1.90 bits per heavy atom. The Balaban J connectivity index is 2.61. The number of rotatable bonds is 1. The van der Waals surface area contributed by atoms with Crippen LogP contribution in [0, 0.1) is 11.3 Å². The summed E-state index contributed by atoms with van der Waals surface area (Å²) in [7, 11) is 1.76. The van der Waals surface area contributed by atoms with Crippen molar-refractivity contribution in [1.29, 1.82) is 0 Å². The molecule has 0 aromatic heterocycles. The standard InChI is InChI=1S/C8H17NO/c1-5-6(9)8(2,3)7(5)10-4/h5-7H,9H2,1-4H3/t5-,6+,7-/m1/s1. The number of ether oxygens (including phenoxy) is 1. The lowest BCUT2D eigenvalue weighted by molar-refractivity contribution is -0.133. The summed E-state index contributed by atoms with van der Waals surface area (Å²) in [6, 6.07) is 0.303. The van der Waals surface area contributed by atoms with Crippen LogP contribution < -0.4 is 5.73 Å². The monoisotopic (exact) mass is 143 g/mol. The van der Waals surface area contributed by atoms with E-state index in [4.69, 9.17) is 10.5 Å². The molecular weight excluding hydrogens is 126 g/mol. The maximum Gasteiger partial charge on any atom is 0.0677 e. The SMILES string of the molecule is CO[C@@H]1[C@H](C)[C@H](N)C1(C)C. The minimum absolute atomic E-state index is 0.175. The van der Waals surface area contributed by atoms with Crippen LogP contribution in [-0.4, -0.2) is 19.3 Å². The van der Waals surface area contributed by atoms with Crippen LogP contribution in [0.25, 0.3) is 0 Å². The van der Waals surface area contributed by atoms with Gasteiger partial charge >= 0.3 is 0 Å². The van der Waals surface area contributed by atoms with E-state index in [1.165, 1.54) is 0 Å². The summed E-state index contributed by atoms with van der Waals surface area (Å²) < 4.78 is 5.30. The topological polar surface area (TPSA) is 35.2 Å². The Hall–Kier alpha value is -0.0800. The first-order chi connectivity index (χ1) is 4.51. The minimum atomic E-state index is 0.175. The Morgan fingerprint density at radius 3 is 2.10 bits per heavy atom. The fraction of sp³-hybridized carbons (Fsp3) is 1.00. The Labute approximate surface area is 62.7 Å². The molecule has 2 heteroatoms. The molecule has 2 nitrogen and oxygen atoms in total. The molecule has 0 spiro atoms. The molecule has 0 unspecified atom stereocenters. The average Bonchev–Trinajstić information content (AvgIpc) is 1.88. The highest BCUT2D eigenvalue weighted by Crippen LogP contribution is 2.45. The molecule has 1 aliphatic carbocycles. The van der Waals surface area contributed by atoms with Gasteiger partial charge in [-0.15, -0.1) is 0 Å². The van der Waals surface area contributed by atoms with E-state index in [1.807, 2.05) is 0 Å². The van der Waals surface area contributed by atoms with Gasteiger partial charge in [-0.3, -0.25) is 0 Å². The molecule has 2 N–H and O–H groups in total. The summed E-state index contributed by atoms with van der Waals surface area (Å²) in [5.41, 5.74) is 6.06. The van der Waals surface area contributed by atoms with Gasteiger partial charge < -0.3 is 10.5 Å². The fourth-order valence-corrected chi connectivity index (χ4v) is 2.13. The number of hydrogen-bond acceptors (Lipinski definition) is 2. The van der Waals surface area contributed by atoms with Gasteiger partial charge in [-0.2, -0.15) is 0 Å². The summed E-state index contributed by atoms with van der Waals surface area (Å²) in [6.45, 7) is 6.46. The summed E-state index contributed by atoms with van der Waals surface area (Å²) in [4.78, 5) is 0. The molecule has 0 amide bonds. The van der Waals surface area contributed by atoms with Crippen molar-refractivity contribution in [1.82, 2.24) is 0 Å². The normalized spacial score (nSPS) is 44.7. The van der Waals surface area contributed by atoms with E-state index >= 15 is 0 Å². The number of nitrogens with two attached hydrogens (primary N) is 1. The highest BCUT2D eigenvalue weighted by Gasteiger charge is 2.52. The van der Waals surface area contributed by atoms with Crippen LogP contribution in [-0.2, 0) is 4.74 Å². The smallest absolute Gasteiger partial charge is 0.0677 e. The second-order valence-corrected chi connectivity index (χ2v) is 3.86. The first-order valence-corrected chi connectivity index (χ1v) is 3.80. The Kier molecular flexibility index (Phi) is 1.77. The van der Waals surface area contributed by atoms with Crippen molar-refractivity contribution < 1.29 is 4.74 Å². The molecule has 1 saturated carbocycles. The van der Waals surface area contributed by atoms with E-state index in [2.05, 4.69) is 20.8 Å². The molecule has 1 aliphatic rings. The molecular formula is C8H17NO. The average molecular weight is 143 g/mol. The van der Waals surface area contributed by atoms with E-state index in [0.29, 0.717) is 18.1 Å². The third-order valence-corrected chi connectivity index (χ3v) is 2.89. The Morgan fingerprint density at radius 1 is 1.40 bits per heavy atom. The predicted octanol–water partition coefficient (Wildman–Crippen LogP) is 1.00. The first-order valence-electron chi connectivity index (χ1n) is 3.80. The summed E-state index contributed by atoms with van der Waals surface area (Å²) in [6.07, 6.45) is 0.350. The van der Waals surface area contributed by atoms with E-state index in [-0.39, 0.29) is 5.41 Å². The molecule has 0 saturated heterocycles. The van der Waals surface area contributed by atoms with Crippen molar-refractivity contribution in [3.05, 3.63) is 0 Å². The highest BCUT2D eigenvalue weighted by molar-refractivity contribution is 5.05. The van der Waals surface area contributed by atoms with E-state index < -0.39 is 0 Å². The van der Waals surface area contributed by atoms with Gasteiger partial charge in [0.1, 0.15) is 0 Å². The molecule has 0 heterocycles. The summed E-state index contributed by atoms with van der Waals surface area (Å²) in [5, 5.41) is 0. The van der Waals surface area contributed by atoms with Crippen LogP contribution in [0.2, 0.25) is 0 Å². The van der Waals surface area contributed by atoms with Crippen LogP contribution in [0.15, 0.2) is 0 Å². The minimum Gasteiger partial charge on any atom is -0.381 e. The molecule has 60 valence electrons. The predicted molar refractivity (Wildman–Crippen MR) is 41.7 cm³/mol. The molecule has 10 heavy (non-hydrogen) atoms. The van der Waals surface area contributed by atoms with Crippen LogP contribution >= 0.6 is 0 Å². The van der Waals surface area contributed by atoms with Crippen LogP contribution in [0.3, 0.4) is 0 Å². The second-order valence-electron chi connectivity index (χ2n) is 3.86. The van der Waals surface area contributed by atoms with Crippen molar-refractivity contribution >= 4 is 0 Å². The number of hydrogen-bond donors (Lipinski definition) is 1. The lowest BCUT2D eigenvalue weighted by atomic mass is 9.58. The third kappa shape index (κ3) is 0.789. The van der Waals surface area contributed by atoms with Gasteiger partial charge in [0.05, 0.1) is 6.10 Å². The van der Waals surface area contributed by atoms with Gasteiger partial charge in [-0.1, -0.05) is 20.8 Å². The zero-order chi connectivity index (χ0) is 7.94. The summed E-state index contributed by atoms with van der Waals surface area (Å²) >= 11 is 0. The molecule has 0 aromatic carbocycles. The van der Waals surface area contributed by atoms with Gasteiger partial charge in [-0.05, 0) is 5.92 Å². The molecule has 1 rings (SSSR count). The fourth-order valence-electron chi connectivity index (χ4n) is 2.13. The summed E-state index contributed by atoms with van der Waals surface area (Å²) in [5.74, 6) is 0.514. The van der Waals surface area contributed by atoms with Crippen molar-refractivity contribution in [3.8, 4) is 0 Å². The van der Waals surface area contributed by atoms with E-state index in [1.54, 1.807) is 7.11 Å². The van der Waals surface area contributed by atoms with Crippen molar-refractivity contribution in [3.63, 3.8) is 0 Å². The first kappa shape index (κ1) is 8.02. The lowest BCUT2D eigenvalue weighted by Gasteiger charge is -2.54. The van der Waals surface area contributed by atoms with Gasteiger partial charge in [0.25, 0.3) is 0 Å². The molecule has 0 bridgehead atoms.